The molecule has 0 fully saturated rings. The van der Waals surface area contributed by atoms with Gasteiger partial charge in [-0.1, -0.05) is 161 Å². The number of hydrogen-bond acceptors (Lipinski definition) is 8. The first-order valence-corrected chi connectivity index (χ1v) is 24.1. The fraction of sp³-hybridized carbons (Fsp3) is 0.200. The van der Waals surface area contributed by atoms with Crippen LogP contribution in [0.4, 0.5) is 31.2 Å². The van der Waals surface area contributed by atoms with Gasteiger partial charge in [-0.3, -0.25) is 20.2 Å². The van der Waals surface area contributed by atoms with Gasteiger partial charge in [0.1, 0.15) is 9.75 Å². The number of amides is 6. The maximum Gasteiger partial charge on any atom is 0.324 e. The van der Waals surface area contributed by atoms with Crippen LogP contribution in [0.1, 0.15) is 80.8 Å². The zero-order valence-corrected chi connectivity index (χ0v) is 41.7. The number of rotatable bonds is 12. The first kappa shape index (κ1) is 49.2. The van der Waals surface area contributed by atoms with E-state index in [0.29, 0.717) is 51.0 Å². The van der Waals surface area contributed by atoms with E-state index in [2.05, 4.69) is 36.6 Å². The van der Waals surface area contributed by atoms with Gasteiger partial charge in [0.05, 0.1) is 11.4 Å². The second-order valence-electron chi connectivity index (χ2n) is 17.0. The number of nitrogens with one attached hydrogen (secondary N) is 5. The minimum Gasteiger partial charge on any atom is -0.334 e. The molecular weight excluding hydrogens is 901 g/mol. The molecular formula is C55H56N8O4S2. The molecule has 0 unspecified atom stereocenters. The standard InChI is InChI=1S/C29H30N4O2S.C26H26N4O2S/c1-19-15-20(2)25(21(3)16-19)31-27(34)26-22(4)30-28(36-26)32-29(35)33(17-23-11-7-5-8-12-23)18-24-13-9-6-10-14-24;1-15-12-16(2)22(17(3)13-15)29-24(31)23-18(4)28-26(33-23)30-25(32)27-14-20-10-7-9-19-8-5-6-11-21(19)20/h5-16H,17-18H2,1-4H3,(H,31,34)(H,30,32,35);5-13H,14H2,1-4H3,(H,29,31)(H2,27,28,30,32). The van der Waals surface area contributed by atoms with Crippen molar-refractivity contribution in [1.29, 1.82) is 0 Å². The molecule has 5 N–H and O–H groups in total. The van der Waals surface area contributed by atoms with Crippen molar-refractivity contribution >= 4 is 79.0 Å². The van der Waals surface area contributed by atoms with Crippen molar-refractivity contribution in [3.63, 3.8) is 0 Å². The zero-order valence-electron chi connectivity index (χ0n) is 40.0. The van der Waals surface area contributed by atoms with Crippen LogP contribution in [0.2, 0.25) is 0 Å². The third kappa shape index (κ3) is 12.9. The summed E-state index contributed by atoms with van der Waals surface area (Å²) >= 11 is 2.34. The van der Waals surface area contributed by atoms with Crippen molar-refractivity contribution < 1.29 is 19.2 Å². The van der Waals surface area contributed by atoms with E-state index in [0.717, 1.165) is 83.6 Å². The average Bonchev–Trinajstić information content (AvgIpc) is 3.88. The number of thiazole rings is 2. The second kappa shape index (κ2) is 22.4. The van der Waals surface area contributed by atoms with Crippen LogP contribution >= 0.6 is 22.7 Å². The molecule has 0 bridgehead atoms. The molecule has 14 heteroatoms. The number of fused-ring (bicyclic) bond motifs is 1. The molecule has 6 amide bonds. The van der Waals surface area contributed by atoms with E-state index in [9.17, 15) is 19.2 Å². The number of carbonyl (C=O) groups is 4. The summed E-state index contributed by atoms with van der Waals surface area (Å²) < 4.78 is 0. The third-order valence-corrected chi connectivity index (χ3v) is 13.5. The number of urea groups is 2. The van der Waals surface area contributed by atoms with Crippen molar-refractivity contribution in [3.8, 4) is 0 Å². The second-order valence-corrected chi connectivity index (χ2v) is 19.0. The van der Waals surface area contributed by atoms with E-state index in [4.69, 9.17) is 0 Å². The predicted molar refractivity (Wildman–Crippen MR) is 282 cm³/mol. The minimum absolute atomic E-state index is 0.231. The Balaban J connectivity index is 0.000000205. The van der Waals surface area contributed by atoms with Crippen molar-refractivity contribution in [2.24, 2.45) is 0 Å². The molecule has 2 aromatic heterocycles. The quantitative estimate of drug-likeness (QED) is 0.0820. The summed E-state index contributed by atoms with van der Waals surface area (Å²) in [6, 6.07) is 41.3. The molecule has 0 spiro atoms. The van der Waals surface area contributed by atoms with Gasteiger partial charge in [0, 0.05) is 31.0 Å². The van der Waals surface area contributed by atoms with E-state index in [1.54, 1.807) is 18.7 Å². The molecule has 0 radical (unpaired) electrons. The summed E-state index contributed by atoms with van der Waals surface area (Å²) in [5, 5.41) is 17.6. The molecule has 69 heavy (non-hydrogen) atoms. The monoisotopic (exact) mass is 956 g/mol. The lowest BCUT2D eigenvalue weighted by atomic mass is 10.0. The largest absolute Gasteiger partial charge is 0.334 e. The average molecular weight is 957 g/mol. The first-order chi connectivity index (χ1) is 33.1. The zero-order chi connectivity index (χ0) is 49.2. The van der Waals surface area contributed by atoms with Gasteiger partial charge in [-0.25, -0.2) is 19.6 Å². The molecule has 352 valence electrons. The van der Waals surface area contributed by atoms with E-state index in [1.165, 1.54) is 11.3 Å². The van der Waals surface area contributed by atoms with Crippen LogP contribution < -0.4 is 26.6 Å². The Kier molecular flexibility index (Phi) is 16.0. The van der Waals surface area contributed by atoms with Gasteiger partial charge in [0.25, 0.3) is 11.8 Å². The summed E-state index contributed by atoms with van der Waals surface area (Å²) in [7, 11) is 0. The SMILES string of the molecule is Cc1cc(C)c(NC(=O)c2sc(NC(=O)N(Cc3ccccc3)Cc3ccccc3)nc2C)c(C)c1.Cc1cc(C)c(NC(=O)c2sc(NC(=O)NCc3cccc4ccccc34)nc2C)c(C)c1. The Morgan fingerprint density at radius 3 is 1.43 bits per heavy atom. The smallest absolute Gasteiger partial charge is 0.324 e. The Morgan fingerprint density at radius 2 is 0.942 bits per heavy atom. The highest BCUT2D eigenvalue weighted by atomic mass is 32.1. The van der Waals surface area contributed by atoms with Crippen molar-refractivity contribution in [3.05, 3.63) is 199 Å². The molecule has 12 nitrogen and oxygen atoms in total. The molecule has 6 aromatic carbocycles. The summed E-state index contributed by atoms with van der Waals surface area (Å²) in [6.07, 6.45) is 0. The summed E-state index contributed by atoms with van der Waals surface area (Å²) in [5.74, 6) is -0.463. The number of hydrogen-bond donors (Lipinski definition) is 5. The Labute approximate surface area is 411 Å². The number of aryl methyl sites for hydroxylation is 8. The highest BCUT2D eigenvalue weighted by Crippen LogP contribution is 2.29. The Hall–Kier alpha value is -7.68. The number of aromatic nitrogens is 2. The Bertz CT molecular complexity index is 3060. The van der Waals surface area contributed by atoms with Crippen molar-refractivity contribution in [2.45, 2.75) is 75.0 Å². The van der Waals surface area contributed by atoms with Crippen LogP contribution in [-0.2, 0) is 19.6 Å². The van der Waals surface area contributed by atoms with Crippen molar-refractivity contribution in [2.75, 3.05) is 21.3 Å². The maximum atomic E-state index is 13.3. The van der Waals surface area contributed by atoms with E-state index >= 15 is 0 Å². The molecule has 0 aliphatic rings. The highest BCUT2D eigenvalue weighted by molar-refractivity contribution is 7.18. The van der Waals surface area contributed by atoms with Crippen LogP contribution in [0.25, 0.3) is 10.8 Å². The highest BCUT2D eigenvalue weighted by Gasteiger charge is 2.22. The summed E-state index contributed by atoms with van der Waals surface area (Å²) in [5.41, 5.74) is 12.2. The van der Waals surface area contributed by atoms with E-state index in [-0.39, 0.29) is 23.9 Å². The van der Waals surface area contributed by atoms with E-state index in [1.807, 2.05) is 169 Å². The molecule has 0 atom stereocenters. The molecule has 8 rings (SSSR count). The van der Waals surface area contributed by atoms with Gasteiger partial charge >= 0.3 is 12.1 Å². The molecule has 8 aromatic rings. The van der Waals surface area contributed by atoms with Crippen molar-refractivity contribution in [1.82, 2.24) is 20.2 Å². The summed E-state index contributed by atoms with van der Waals surface area (Å²) in [4.78, 5) is 63.3. The van der Waals surface area contributed by atoms with Crippen LogP contribution in [0, 0.1) is 55.4 Å². The molecule has 2 heterocycles. The lowest BCUT2D eigenvalue weighted by molar-refractivity contribution is 0.102. The topological polar surface area (TPSA) is 157 Å². The lowest BCUT2D eigenvalue weighted by Crippen LogP contribution is -2.34. The van der Waals surface area contributed by atoms with Crippen LogP contribution in [-0.4, -0.2) is 38.7 Å². The molecule has 0 aliphatic heterocycles. The molecule has 0 saturated carbocycles. The Morgan fingerprint density at radius 1 is 0.507 bits per heavy atom. The van der Waals surface area contributed by atoms with Gasteiger partial charge in [0.2, 0.25) is 0 Å². The minimum atomic E-state index is -0.367. The number of carbonyl (C=O) groups excluding carboxylic acids is 4. The lowest BCUT2D eigenvalue weighted by Gasteiger charge is -2.23. The number of nitrogens with zero attached hydrogens (tertiary/aromatic N) is 3. The summed E-state index contributed by atoms with van der Waals surface area (Å²) in [6.45, 7) is 16.8. The van der Waals surface area contributed by atoms with Gasteiger partial charge < -0.3 is 20.9 Å². The predicted octanol–water partition coefficient (Wildman–Crippen LogP) is 13.0. The van der Waals surface area contributed by atoms with Crippen LogP contribution in [0.3, 0.4) is 0 Å². The maximum absolute atomic E-state index is 13.3. The van der Waals surface area contributed by atoms with Gasteiger partial charge in [0.15, 0.2) is 10.3 Å². The van der Waals surface area contributed by atoms with E-state index < -0.39 is 0 Å². The number of anilines is 4. The van der Waals surface area contributed by atoms with Gasteiger partial charge in [-0.2, -0.15) is 0 Å². The van der Waals surface area contributed by atoms with Crippen LogP contribution in [0.15, 0.2) is 127 Å². The fourth-order valence-electron chi connectivity index (χ4n) is 8.16. The molecule has 0 aliphatic carbocycles. The van der Waals surface area contributed by atoms with Gasteiger partial charge in [-0.15, -0.1) is 0 Å². The molecule has 0 saturated heterocycles. The normalized spacial score (nSPS) is 10.7. The fourth-order valence-corrected chi connectivity index (χ4v) is 9.87. The third-order valence-electron chi connectivity index (χ3n) is 11.3. The van der Waals surface area contributed by atoms with Gasteiger partial charge in [-0.05, 0) is 105 Å². The van der Waals surface area contributed by atoms with Crippen LogP contribution in [0.5, 0.6) is 0 Å². The number of benzene rings is 6. The first-order valence-electron chi connectivity index (χ1n) is 22.5.